The van der Waals surface area contributed by atoms with E-state index >= 15 is 0 Å². The molecule has 1 nitrogen and oxygen atoms in total. The van der Waals surface area contributed by atoms with Crippen LogP contribution < -0.4 is 5.73 Å². The summed E-state index contributed by atoms with van der Waals surface area (Å²) in [7, 11) is 4.29. The first-order valence-electron chi connectivity index (χ1n) is 16.3. The third kappa shape index (κ3) is 5.88. The van der Waals surface area contributed by atoms with E-state index < -0.39 is 0 Å². The molecule has 10 rings (SSSR count). The first-order chi connectivity index (χ1) is 19.5. The number of hydrogen-bond acceptors (Lipinski definition) is 1. The zero-order valence-corrected chi connectivity index (χ0v) is 27.8. The molecule has 4 heteroatoms. The summed E-state index contributed by atoms with van der Waals surface area (Å²) in [5, 5.41) is 1.83. The van der Waals surface area contributed by atoms with Crippen LogP contribution in [0.2, 0.25) is 0 Å². The zero-order valence-electron chi connectivity index (χ0n) is 24.5. The molecule has 0 radical (unpaired) electrons. The van der Waals surface area contributed by atoms with Crippen molar-refractivity contribution in [1.29, 1.82) is 0 Å². The average Bonchev–Trinajstić information content (AvgIpc) is 2.94. The molecule has 8 saturated carbocycles. The predicted molar refractivity (Wildman–Crippen MR) is 171 cm³/mol. The number of para-hydroxylation sites is 1. The molecule has 0 aromatic heterocycles. The standard InChI is InChI=1S/C24H39P.C12H10N.ClH.Pd/c1-2-3-4-25(23-11-17-5-18(12-23)7-19(6-17)13-23)24-14-20-8-21(15-24)10-22(9-20)16-24;13-12-9-5-4-8-11(12)10-6-2-1-3-7-10;;/h17-22H,2-16H2,1H3;1-6,8-9H,13H2;1H;/q;-1;;+2. The number of anilines is 1. The van der Waals surface area contributed by atoms with E-state index in [1.54, 1.807) is 89.6 Å². The number of halogens is 1. The van der Waals surface area contributed by atoms with Crippen LogP contribution in [-0.4, -0.2) is 16.5 Å². The van der Waals surface area contributed by atoms with Gasteiger partial charge in [0.1, 0.15) is 0 Å². The number of nitrogens with two attached hydrogens (primary N) is 1. The van der Waals surface area contributed by atoms with Gasteiger partial charge in [0.2, 0.25) is 0 Å². The number of hydrogen-bond donors (Lipinski definition) is 1. The number of rotatable bonds is 6. The molecule has 220 valence electrons. The molecule has 0 aliphatic heterocycles. The van der Waals surface area contributed by atoms with Crippen molar-refractivity contribution in [3.05, 3.63) is 54.6 Å². The van der Waals surface area contributed by atoms with E-state index in [9.17, 15) is 0 Å². The summed E-state index contributed by atoms with van der Waals surface area (Å²) >= 11 is 2.22. The van der Waals surface area contributed by atoms with Gasteiger partial charge in [0.25, 0.3) is 0 Å². The van der Waals surface area contributed by atoms with Crippen molar-refractivity contribution in [2.24, 2.45) is 35.5 Å². The summed E-state index contributed by atoms with van der Waals surface area (Å²) < 4.78 is 0. The minimum absolute atomic E-state index is 0.196. The molecule has 2 aromatic carbocycles. The summed E-state index contributed by atoms with van der Waals surface area (Å²) in [6, 6.07) is 18.8. The van der Waals surface area contributed by atoms with Crippen LogP contribution >= 0.6 is 17.5 Å². The molecule has 8 aliphatic rings. The van der Waals surface area contributed by atoms with Crippen molar-refractivity contribution in [2.45, 2.75) is 107 Å². The van der Waals surface area contributed by atoms with Crippen molar-refractivity contribution >= 4 is 23.1 Å². The maximum atomic E-state index is 5.83. The van der Waals surface area contributed by atoms with Crippen molar-refractivity contribution in [3.63, 3.8) is 0 Å². The van der Waals surface area contributed by atoms with Crippen LogP contribution in [0.3, 0.4) is 0 Å². The van der Waals surface area contributed by atoms with Crippen molar-refractivity contribution < 1.29 is 18.2 Å². The Hall–Kier alpha value is -0.378. The number of unbranched alkanes of at least 4 members (excludes halogenated alkanes) is 1. The van der Waals surface area contributed by atoms with E-state index in [2.05, 4.69) is 40.7 Å². The van der Waals surface area contributed by atoms with Gasteiger partial charge >= 0.3 is 27.7 Å². The normalized spacial score (nSPS) is 38.7. The van der Waals surface area contributed by atoms with Gasteiger partial charge in [-0.05, 0) is 131 Å². The zero-order chi connectivity index (χ0) is 27.7. The first-order valence-corrected chi connectivity index (χ1v) is 20.1. The van der Waals surface area contributed by atoms with Crippen LogP contribution in [-0.2, 0) is 18.2 Å². The molecule has 8 fully saturated rings. The predicted octanol–water partition coefficient (Wildman–Crippen LogP) is 10.4. The van der Waals surface area contributed by atoms with Gasteiger partial charge in [-0.3, -0.25) is 0 Å². The third-order valence-corrected chi connectivity index (χ3v) is 16.7. The second-order valence-electron chi connectivity index (χ2n) is 14.8. The molecule has 8 aliphatic carbocycles. The topological polar surface area (TPSA) is 26.0 Å². The molecular weight excluding hydrogens is 619 g/mol. The Morgan fingerprint density at radius 1 is 0.750 bits per heavy atom. The van der Waals surface area contributed by atoms with Crippen LogP contribution in [0.1, 0.15) is 96.8 Å². The fraction of sp³-hybridized carbons (Fsp3) is 0.667. The molecule has 2 N–H and O–H groups in total. The molecule has 0 unspecified atom stereocenters. The van der Waals surface area contributed by atoms with Gasteiger partial charge in [-0.1, -0.05) is 37.1 Å². The van der Waals surface area contributed by atoms with Crippen LogP contribution in [0.15, 0.2) is 48.5 Å². The van der Waals surface area contributed by atoms with Gasteiger partial charge < -0.3 is 5.73 Å². The second-order valence-corrected chi connectivity index (χ2v) is 18.4. The quantitative estimate of drug-likeness (QED) is 0.141. The van der Waals surface area contributed by atoms with Gasteiger partial charge in [-0.2, -0.15) is 0 Å². The fourth-order valence-corrected chi connectivity index (χ4v) is 17.8. The summed E-state index contributed by atoms with van der Waals surface area (Å²) in [5.41, 5.74) is 8.72. The van der Waals surface area contributed by atoms with Crippen LogP contribution in [0.4, 0.5) is 5.69 Å². The van der Waals surface area contributed by atoms with Crippen molar-refractivity contribution in [3.8, 4) is 11.1 Å². The minimum atomic E-state index is -0.196. The molecular formula is C36H50ClNPPd+. The second kappa shape index (κ2) is 12.7. The maximum absolute atomic E-state index is 5.83. The summed E-state index contributed by atoms with van der Waals surface area (Å²) in [6.45, 7) is 2.46. The Bertz CT molecular complexity index is 1000. The molecule has 0 saturated heterocycles. The van der Waals surface area contributed by atoms with Gasteiger partial charge in [-0.15, -0.1) is 35.9 Å². The molecule has 40 heavy (non-hydrogen) atoms. The van der Waals surface area contributed by atoms with Gasteiger partial charge in [-0.25, -0.2) is 0 Å². The Balaban J connectivity index is 0.000000164. The number of nitrogen functional groups attached to an aromatic ring is 1. The Morgan fingerprint density at radius 2 is 1.20 bits per heavy atom. The van der Waals surface area contributed by atoms with Gasteiger partial charge in [0, 0.05) is 7.92 Å². The molecule has 0 amide bonds. The third-order valence-electron chi connectivity index (χ3n) is 12.1. The van der Waals surface area contributed by atoms with E-state index in [0.717, 1.165) is 27.1 Å². The van der Waals surface area contributed by atoms with E-state index in [1.165, 1.54) is 41.9 Å². The van der Waals surface area contributed by atoms with E-state index in [1.807, 2.05) is 48.5 Å². The molecule has 0 atom stereocenters. The van der Waals surface area contributed by atoms with Crippen LogP contribution in [0.5, 0.6) is 0 Å². The Kier molecular flexibility index (Phi) is 9.42. The molecule has 8 bridgehead atoms. The molecule has 0 heterocycles. The van der Waals surface area contributed by atoms with E-state index in [-0.39, 0.29) is 7.92 Å². The molecule has 2 aromatic rings. The molecule has 0 spiro atoms. The fourth-order valence-electron chi connectivity index (χ4n) is 11.7. The summed E-state index contributed by atoms with van der Waals surface area (Å²) in [5.74, 6) is 7.01. The van der Waals surface area contributed by atoms with E-state index in [4.69, 9.17) is 5.73 Å². The van der Waals surface area contributed by atoms with Crippen LogP contribution in [0, 0.1) is 41.6 Å². The average molecular weight is 670 g/mol. The number of benzene rings is 2. The van der Waals surface area contributed by atoms with Gasteiger partial charge in [0.05, 0.1) is 16.5 Å². The van der Waals surface area contributed by atoms with Crippen molar-refractivity contribution in [2.75, 3.05) is 11.9 Å². The van der Waals surface area contributed by atoms with Crippen LogP contribution in [0.25, 0.3) is 11.1 Å². The summed E-state index contributed by atoms with van der Waals surface area (Å²) in [4.78, 5) is 0. The summed E-state index contributed by atoms with van der Waals surface area (Å²) in [6.07, 6.45) is 24.8. The Morgan fingerprint density at radius 3 is 1.60 bits per heavy atom. The van der Waals surface area contributed by atoms with E-state index in [0.29, 0.717) is 0 Å². The monoisotopic (exact) mass is 668 g/mol. The van der Waals surface area contributed by atoms with Gasteiger partial charge in [0.15, 0.2) is 0 Å². The SMILES string of the molecule is CCCC[PH+](C12CC3CC(CC(C3)C1)C2)C12CC3CC(CC(C3)C1)C2.Nc1ccccc1-c1[c-]cccc1.[Cl][Pd+]. The first kappa shape index (κ1) is 29.7. The van der Waals surface area contributed by atoms with Crippen molar-refractivity contribution in [1.82, 2.24) is 0 Å². The Labute approximate surface area is 260 Å².